The molecule has 2 aromatic rings. The molecular formula is C23H25NO5. The van der Waals surface area contributed by atoms with E-state index < -0.39 is 29.2 Å². The van der Waals surface area contributed by atoms with E-state index in [1.54, 1.807) is 12.1 Å². The number of hydrogen-bond donors (Lipinski definition) is 0. The van der Waals surface area contributed by atoms with Crippen molar-refractivity contribution in [3.8, 4) is 0 Å². The predicted octanol–water partition coefficient (Wildman–Crippen LogP) is 3.73. The van der Waals surface area contributed by atoms with Crippen LogP contribution in [-0.4, -0.2) is 35.0 Å². The zero-order chi connectivity index (χ0) is 21.1. The van der Waals surface area contributed by atoms with E-state index >= 15 is 0 Å². The van der Waals surface area contributed by atoms with Crippen molar-refractivity contribution in [1.82, 2.24) is 4.90 Å². The highest BCUT2D eigenvalue weighted by Crippen LogP contribution is 2.39. The summed E-state index contributed by atoms with van der Waals surface area (Å²) in [5, 5.41) is 0. The number of aldehydes is 1. The summed E-state index contributed by atoms with van der Waals surface area (Å²) in [7, 11) is 0. The first kappa shape index (κ1) is 20.6. The van der Waals surface area contributed by atoms with E-state index in [4.69, 9.17) is 9.47 Å². The van der Waals surface area contributed by atoms with Crippen LogP contribution < -0.4 is 0 Å². The Labute approximate surface area is 170 Å². The molecule has 2 aromatic carbocycles. The van der Waals surface area contributed by atoms with Gasteiger partial charge in [-0.25, -0.2) is 14.5 Å². The van der Waals surface area contributed by atoms with Crippen molar-refractivity contribution >= 4 is 18.3 Å². The molecule has 6 nitrogen and oxygen atoms in total. The third kappa shape index (κ3) is 4.16. The molecule has 1 saturated heterocycles. The minimum atomic E-state index is -1.77. The lowest BCUT2D eigenvalue weighted by atomic mass is 9.88. The number of esters is 1. The Bertz CT molecular complexity index is 875. The summed E-state index contributed by atoms with van der Waals surface area (Å²) in [6.45, 7) is 5.55. The van der Waals surface area contributed by atoms with Crippen molar-refractivity contribution < 1.29 is 23.9 Å². The van der Waals surface area contributed by atoms with Gasteiger partial charge in [-0.3, -0.25) is 0 Å². The molecular weight excluding hydrogens is 370 g/mol. The van der Waals surface area contributed by atoms with E-state index in [1.807, 2.05) is 69.3 Å². The van der Waals surface area contributed by atoms with Crippen LogP contribution in [-0.2, 0) is 32.1 Å². The van der Waals surface area contributed by atoms with Gasteiger partial charge in [0, 0.05) is 11.8 Å². The average Bonchev–Trinajstić information content (AvgIpc) is 3.01. The quantitative estimate of drug-likeness (QED) is 0.438. The molecule has 0 aliphatic carbocycles. The third-order valence-electron chi connectivity index (χ3n) is 4.89. The minimum absolute atomic E-state index is 0.0171. The second-order valence-electron chi connectivity index (χ2n) is 8.24. The van der Waals surface area contributed by atoms with Crippen molar-refractivity contribution in [2.75, 3.05) is 0 Å². The van der Waals surface area contributed by atoms with E-state index in [-0.39, 0.29) is 13.0 Å². The Hall–Kier alpha value is -3.15. The molecule has 0 N–H and O–H groups in total. The SMILES string of the molecule is CC(C)(C)[C@H]1OC(=O)[C@@](C=O)(Cc2ccccc2)N1C(=O)OCc1ccccc1. The van der Waals surface area contributed by atoms with E-state index in [1.165, 1.54) is 0 Å². The fourth-order valence-electron chi connectivity index (χ4n) is 3.39. The van der Waals surface area contributed by atoms with E-state index in [9.17, 15) is 14.4 Å². The number of nitrogens with zero attached hydrogens (tertiary/aromatic N) is 1. The Morgan fingerprint density at radius 3 is 2.14 bits per heavy atom. The van der Waals surface area contributed by atoms with Crippen LogP contribution in [0.3, 0.4) is 0 Å². The Morgan fingerprint density at radius 2 is 1.62 bits per heavy atom. The maximum Gasteiger partial charge on any atom is 0.414 e. The summed E-state index contributed by atoms with van der Waals surface area (Å²) in [5.41, 5.74) is -0.831. The van der Waals surface area contributed by atoms with Crippen molar-refractivity contribution in [1.29, 1.82) is 0 Å². The molecule has 6 heteroatoms. The number of amides is 1. The topological polar surface area (TPSA) is 72.9 Å². The molecule has 0 spiro atoms. The van der Waals surface area contributed by atoms with Crippen molar-refractivity contribution in [2.45, 2.75) is 45.6 Å². The van der Waals surface area contributed by atoms with Crippen LogP contribution in [0.2, 0.25) is 0 Å². The van der Waals surface area contributed by atoms with Crippen LogP contribution >= 0.6 is 0 Å². The Morgan fingerprint density at radius 1 is 1.07 bits per heavy atom. The highest BCUT2D eigenvalue weighted by Gasteiger charge is 2.61. The number of carbonyl (C=O) groups excluding carboxylic acids is 3. The first-order chi connectivity index (χ1) is 13.8. The van der Waals surface area contributed by atoms with E-state index in [0.717, 1.165) is 16.0 Å². The van der Waals surface area contributed by atoms with Crippen LogP contribution in [0, 0.1) is 5.41 Å². The Kier molecular flexibility index (Phi) is 5.73. The molecule has 0 bridgehead atoms. The van der Waals surface area contributed by atoms with Crippen LogP contribution in [0.5, 0.6) is 0 Å². The van der Waals surface area contributed by atoms with Gasteiger partial charge in [0.15, 0.2) is 12.5 Å². The van der Waals surface area contributed by atoms with Gasteiger partial charge in [0.1, 0.15) is 6.61 Å². The van der Waals surface area contributed by atoms with E-state index in [0.29, 0.717) is 6.29 Å². The molecule has 0 aromatic heterocycles. The fourth-order valence-corrected chi connectivity index (χ4v) is 3.39. The average molecular weight is 395 g/mol. The smallest absolute Gasteiger partial charge is 0.414 e. The zero-order valence-electron chi connectivity index (χ0n) is 16.8. The summed E-state index contributed by atoms with van der Waals surface area (Å²) < 4.78 is 11.0. The van der Waals surface area contributed by atoms with Crippen molar-refractivity contribution in [2.24, 2.45) is 5.41 Å². The van der Waals surface area contributed by atoms with Crippen LogP contribution in [0.25, 0.3) is 0 Å². The molecule has 1 fully saturated rings. The van der Waals surface area contributed by atoms with Gasteiger partial charge in [-0.15, -0.1) is 0 Å². The summed E-state index contributed by atoms with van der Waals surface area (Å²) in [4.78, 5) is 39.4. The highest BCUT2D eigenvalue weighted by molar-refractivity contribution is 6.03. The third-order valence-corrected chi connectivity index (χ3v) is 4.89. The molecule has 29 heavy (non-hydrogen) atoms. The second kappa shape index (κ2) is 8.07. The minimum Gasteiger partial charge on any atom is -0.444 e. The normalized spacial score (nSPS) is 21.6. The predicted molar refractivity (Wildman–Crippen MR) is 107 cm³/mol. The van der Waals surface area contributed by atoms with Crippen molar-refractivity contribution in [3.05, 3.63) is 71.8 Å². The van der Waals surface area contributed by atoms with Gasteiger partial charge in [-0.2, -0.15) is 0 Å². The number of carbonyl (C=O) groups is 3. The van der Waals surface area contributed by atoms with Gasteiger partial charge < -0.3 is 14.3 Å². The lowest BCUT2D eigenvalue weighted by Crippen LogP contribution is -2.58. The highest BCUT2D eigenvalue weighted by atomic mass is 16.6. The lowest BCUT2D eigenvalue weighted by molar-refractivity contribution is -0.149. The first-order valence-corrected chi connectivity index (χ1v) is 9.49. The standard InChI is InChI=1S/C23H25NO5/c1-22(2,3)19-24(21(27)28-15-18-12-8-5-9-13-18)23(16-25,20(26)29-19)14-17-10-6-4-7-11-17/h4-13,16,19H,14-15H2,1-3H3/t19-,23+/m1/s1. The summed E-state index contributed by atoms with van der Waals surface area (Å²) in [6.07, 6.45) is -1.17. The van der Waals surface area contributed by atoms with Gasteiger partial charge in [-0.1, -0.05) is 81.4 Å². The summed E-state index contributed by atoms with van der Waals surface area (Å²) in [6, 6.07) is 18.3. The summed E-state index contributed by atoms with van der Waals surface area (Å²) in [5.74, 6) is -0.743. The van der Waals surface area contributed by atoms with Gasteiger partial charge in [-0.05, 0) is 11.1 Å². The molecule has 2 atom stereocenters. The largest absolute Gasteiger partial charge is 0.444 e. The number of benzene rings is 2. The maximum atomic E-state index is 13.1. The van der Waals surface area contributed by atoms with Crippen molar-refractivity contribution in [3.63, 3.8) is 0 Å². The number of rotatable bonds is 5. The molecule has 0 radical (unpaired) electrons. The van der Waals surface area contributed by atoms with Gasteiger partial charge in [0.05, 0.1) is 0 Å². The van der Waals surface area contributed by atoms with Crippen LogP contribution in [0.1, 0.15) is 31.9 Å². The molecule has 0 unspecified atom stereocenters. The lowest BCUT2D eigenvalue weighted by Gasteiger charge is -2.36. The van der Waals surface area contributed by atoms with Gasteiger partial charge in [0.25, 0.3) is 0 Å². The number of cyclic esters (lactones) is 1. The monoisotopic (exact) mass is 395 g/mol. The van der Waals surface area contributed by atoms with Gasteiger partial charge in [0.2, 0.25) is 5.54 Å². The maximum absolute atomic E-state index is 13.1. The molecule has 152 valence electrons. The molecule has 3 rings (SSSR count). The second-order valence-corrected chi connectivity index (χ2v) is 8.24. The number of hydrogen-bond acceptors (Lipinski definition) is 5. The molecule has 1 aliphatic heterocycles. The Balaban J connectivity index is 1.94. The zero-order valence-corrected chi connectivity index (χ0v) is 16.8. The number of ether oxygens (including phenoxy) is 2. The molecule has 1 aliphatic rings. The van der Waals surface area contributed by atoms with Gasteiger partial charge >= 0.3 is 12.1 Å². The first-order valence-electron chi connectivity index (χ1n) is 9.49. The molecule has 0 saturated carbocycles. The fraction of sp³-hybridized carbons (Fsp3) is 0.348. The van der Waals surface area contributed by atoms with E-state index in [2.05, 4.69) is 0 Å². The van der Waals surface area contributed by atoms with Crippen LogP contribution in [0.4, 0.5) is 4.79 Å². The molecule has 1 heterocycles. The molecule has 1 amide bonds. The van der Waals surface area contributed by atoms with Crippen LogP contribution in [0.15, 0.2) is 60.7 Å². The summed E-state index contributed by atoms with van der Waals surface area (Å²) >= 11 is 0.